The van der Waals surface area contributed by atoms with Crippen molar-refractivity contribution in [2.75, 3.05) is 12.4 Å². The van der Waals surface area contributed by atoms with E-state index >= 15 is 0 Å². The van der Waals surface area contributed by atoms with Crippen molar-refractivity contribution in [3.8, 4) is 16.9 Å². The zero-order valence-corrected chi connectivity index (χ0v) is 18.7. The topological polar surface area (TPSA) is 103 Å². The summed E-state index contributed by atoms with van der Waals surface area (Å²) in [5.74, 6) is -0.224. The number of non-ortho nitro benzene ring substituents is 1. The van der Waals surface area contributed by atoms with Gasteiger partial charge in [0.1, 0.15) is 18.2 Å². The SMILES string of the molecule is O=C1CSC(=O)N1C(CCc1ccncc1)COc1ccc(-c2cc([N+](=O)[O-])ccc2F)cc1. The van der Waals surface area contributed by atoms with Gasteiger partial charge in [0.25, 0.3) is 10.9 Å². The van der Waals surface area contributed by atoms with Gasteiger partial charge in [0.15, 0.2) is 0 Å². The van der Waals surface area contributed by atoms with Crippen molar-refractivity contribution in [2.45, 2.75) is 18.9 Å². The molecule has 34 heavy (non-hydrogen) atoms. The number of hydrogen-bond donors (Lipinski definition) is 0. The zero-order chi connectivity index (χ0) is 24.1. The Labute approximate surface area is 198 Å². The molecule has 1 aromatic heterocycles. The lowest BCUT2D eigenvalue weighted by Gasteiger charge is -2.25. The highest BCUT2D eigenvalue weighted by Crippen LogP contribution is 2.29. The van der Waals surface area contributed by atoms with E-state index in [-0.39, 0.29) is 34.8 Å². The number of carbonyl (C=O) groups excluding carboxylic acids is 2. The van der Waals surface area contributed by atoms with Crippen LogP contribution in [0.2, 0.25) is 0 Å². The number of imide groups is 1. The minimum atomic E-state index is -0.578. The van der Waals surface area contributed by atoms with Gasteiger partial charge in [-0.2, -0.15) is 0 Å². The van der Waals surface area contributed by atoms with Gasteiger partial charge in [-0.15, -0.1) is 0 Å². The number of halogens is 1. The summed E-state index contributed by atoms with van der Waals surface area (Å²) in [5.41, 5.74) is 1.41. The summed E-state index contributed by atoms with van der Waals surface area (Å²) < 4.78 is 20.1. The van der Waals surface area contributed by atoms with Gasteiger partial charge in [-0.1, -0.05) is 23.9 Å². The highest BCUT2D eigenvalue weighted by atomic mass is 32.2. The third-order valence-corrected chi connectivity index (χ3v) is 6.27. The molecule has 0 spiro atoms. The lowest BCUT2D eigenvalue weighted by atomic mass is 10.0. The fraction of sp³-hybridized carbons (Fsp3) is 0.208. The molecule has 1 aliphatic rings. The van der Waals surface area contributed by atoms with E-state index in [1.807, 2.05) is 12.1 Å². The molecule has 10 heteroatoms. The fourth-order valence-electron chi connectivity index (χ4n) is 3.66. The van der Waals surface area contributed by atoms with Crippen LogP contribution in [0.5, 0.6) is 5.75 Å². The van der Waals surface area contributed by atoms with Crippen molar-refractivity contribution >= 4 is 28.6 Å². The largest absolute Gasteiger partial charge is 0.491 e. The van der Waals surface area contributed by atoms with Gasteiger partial charge in [0, 0.05) is 30.1 Å². The van der Waals surface area contributed by atoms with Crippen LogP contribution in [0, 0.1) is 15.9 Å². The molecular weight excluding hydrogens is 461 g/mol. The number of aryl methyl sites for hydroxylation is 1. The summed E-state index contributed by atoms with van der Waals surface area (Å²) in [5, 5.41) is 10.7. The molecule has 0 aliphatic carbocycles. The van der Waals surface area contributed by atoms with Crippen LogP contribution in [0.15, 0.2) is 67.0 Å². The second kappa shape index (κ2) is 10.4. The smallest absolute Gasteiger partial charge is 0.289 e. The molecule has 0 radical (unpaired) electrons. The van der Waals surface area contributed by atoms with Crippen molar-refractivity contribution in [1.29, 1.82) is 0 Å². The summed E-state index contributed by atoms with van der Waals surface area (Å²) in [4.78, 5) is 40.3. The van der Waals surface area contributed by atoms with Gasteiger partial charge in [-0.25, -0.2) is 4.39 Å². The van der Waals surface area contributed by atoms with Gasteiger partial charge in [-0.3, -0.25) is 29.6 Å². The number of nitro benzene ring substituents is 1. The van der Waals surface area contributed by atoms with Gasteiger partial charge >= 0.3 is 0 Å². The number of nitrogens with zero attached hydrogens (tertiary/aromatic N) is 3. The summed E-state index contributed by atoms with van der Waals surface area (Å²) in [6.45, 7) is 0.105. The molecule has 0 saturated carbocycles. The lowest BCUT2D eigenvalue weighted by Crippen LogP contribution is -2.43. The number of ether oxygens (including phenoxy) is 1. The van der Waals surface area contributed by atoms with Crippen molar-refractivity contribution in [2.24, 2.45) is 0 Å². The van der Waals surface area contributed by atoms with E-state index in [4.69, 9.17) is 4.74 Å². The van der Waals surface area contributed by atoms with Crippen LogP contribution in [-0.2, 0) is 11.2 Å². The first kappa shape index (κ1) is 23.4. The molecule has 8 nitrogen and oxygen atoms in total. The van der Waals surface area contributed by atoms with Crippen LogP contribution in [-0.4, -0.2) is 44.4 Å². The van der Waals surface area contributed by atoms with Gasteiger partial charge in [-0.05, 0) is 54.3 Å². The number of carbonyl (C=O) groups is 2. The number of nitro groups is 1. The van der Waals surface area contributed by atoms with Crippen LogP contribution < -0.4 is 4.74 Å². The number of rotatable bonds is 9. The minimum Gasteiger partial charge on any atom is -0.491 e. The predicted molar refractivity (Wildman–Crippen MR) is 125 cm³/mol. The average Bonchev–Trinajstić information content (AvgIpc) is 3.18. The molecule has 174 valence electrons. The maximum Gasteiger partial charge on any atom is 0.289 e. The van der Waals surface area contributed by atoms with Crippen molar-refractivity contribution in [3.63, 3.8) is 0 Å². The molecule has 1 unspecified atom stereocenters. The van der Waals surface area contributed by atoms with Crippen molar-refractivity contribution in [3.05, 3.63) is 88.5 Å². The lowest BCUT2D eigenvalue weighted by molar-refractivity contribution is -0.384. The Morgan fingerprint density at radius 2 is 1.85 bits per heavy atom. The fourth-order valence-corrected chi connectivity index (χ4v) is 4.43. The second-order valence-corrected chi connectivity index (χ2v) is 8.55. The molecule has 2 amide bonds. The summed E-state index contributed by atoms with van der Waals surface area (Å²) in [6.07, 6.45) is 4.55. The Hall–Kier alpha value is -3.79. The van der Waals surface area contributed by atoms with E-state index in [1.54, 1.807) is 36.7 Å². The number of thioether (sulfide) groups is 1. The first-order chi connectivity index (χ1) is 16.4. The van der Waals surface area contributed by atoms with Crippen LogP contribution in [0.3, 0.4) is 0 Å². The Kier molecular flexibility index (Phi) is 7.17. The Morgan fingerprint density at radius 3 is 2.50 bits per heavy atom. The number of amides is 2. The van der Waals surface area contributed by atoms with Gasteiger partial charge in [0.05, 0.1) is 16.7 Å². The maximum atomic E-state index is 14.2. The third-order valence-electron chi connectivity index (χ3n) is 5.43. The molecule has 4 rings (SSSR count). The van der Waals surface area contributed by atoms with Crippen LogP contribution in [0.25, 0.3) is 11.1 Å². The third kappa shape index (κ3) is 5.40. The normalized spacial score (nSPS) is 14.3. The average molecular weight is 482 g/mol. The number of aromatic nitrogens is 1. The van der Waals surface area contributed by atoms with E-state index in [0.29, 0.717) is 24.2 Å². The molecule has 1 fully saturated rings. The van der Waals surface area contributed by atoms with Crippen LogP contribution in [0.1, 0.15) is 12.0 Å². The quantitative estimate of drug-likeness (QED) is 0.317. The van der Waals surface area contributed by atoms with E-state index in [0.717, 1.165) is 29.5 Å². The van der Waals surface area contributed by atoms with Gasteiger partial charge < -0.3 is 4.74 Å². The highest BCUT2D eigenvalue weighted by Gasteiger charge is 2.36. The Morgan fingerprint density at radius 1 is 1.12 bits per heavy atom. The Bertz CT molecular complexity index is 1190. The van der Waals surface area contributed by atoms with Crippen molar-refractivity contribution < 1.29 is 23.6 Å². The molecule has 2 aromatic carbocycles. The molecule has 3 aromatic rings. The van der Waals surface area contributed by atoms with Crippen LogP contribution in [0.4, 0.5) is 14.9 Å². The maximum absolute atomic E-state index is 14.2. The van der Waals surface area contributed by atoms with Crippen LogP contribution >= 0.6 is 11.8 Å². The number of benzene rings is 2. The van der Waals surface area contributed by atoms with Gasteiger partial charge in [0.2, 0.25) is 5.91 Å². The molecule has 2 heterocycles. The van der Waals surface area contributed by atoms with E-state index in [2.05, 4.69) is 4.98 Å². The minimum absolute atomic E-state index is 0.105. The second-order valence-electron chi connectivity index (χ2n) is 7.62. The highest BCUT2D eigenvalue weighted by molar-refractivity contribution is 8.14. The molecule has 0 N–H and O–H groups in total. The summed E-state index contributed by atoms with van der Waals surface area (Å²) >= 11 is 0.978. The molecule has 0 bridgehead atoms. The first-order valence-electron chi connectivity index (χ1n) is 10.5. The van der Waals surface area contributed by atoms with E-state index < -0.39 is 16.8 Å². The zero-order valence-electron chi connectivity index (χ0n) is 17.9. The molecule has 1 saturated heterocycles. The molecular formula is C24H20FN3O5S. The van der Waals surface area contributed by atoms with Crippen molar-refractivity contribution in [1.82, 2.24) is 9.88 Å². The summed E-state index contributed by atoms with van der Waals surface area (Å²) in [7, 11) is 0. The Balaban J connectivity index is 1.47. The molecule has 1 atom stereocenters. The molecule has 1 aliphatic heterocycles. The number of pyridine rings is 1. The van der Waals surface area contributed by atoms with E-state index in [1.165, 1.54) is 11.0 Å². The standard InChI is InChI=1S/C24H20FN3O5S/c25-22-8-5-18(28(31)32)13-21(22)17-2-6-20(7-3-17)33-14-19(27-23(29)15-34-24(27)30)4-1-16-9-11-26-12-10-16/h2-3,5-13,19H,1,4,14-15H2. The first-order valence-corrected chi connectivity index (χ1v) is 11.5. The van der Waals surface area contributed by atoms with E-state index in [9.17, 15) is 24.1 Å². The summed E-state index contributed by atoms with van der Waals surface area (Å²) in [6, 6.07) is 13.1. The number of hydrogen-bond acceptors (Lipinski definition) is 7. The monoisotopic (exact) mass is 481 g/mol. The predicted octanol–water partition coefficient (Wildman–Crippen LogP) is 4.87.